The first-order chi connectivity index (χ1) is 19.7. The fraction of sp³-hybridized carbons (Fsp3) is 0.375. The van der Waals surface area contributed by atoms with Crippen LogP contribution >= 0.6 is 0 Å². The van der Waals surface area contributed by atoms with Crippen molar-refractivity contribution in [3.8, 4) is 0 Å². The van der Waals surface area contributed by atoms with Crippen LogP contribution in [0.5, 0.6) is 0 Å². The maximum Gasteiger partial charge on any atom is 0.264 e. The standard InChI is InChI=1S/C32H38FN3O4S/c1-3-30(32(38)34-27-11-7-8-12-27)35(22-21-25-9-5-4-6-10-25)31(37)23-36(28-17-15-26(33)16-18-28)41(39,40)29-19-13-24(2)14-20-29/h4-6,9-10,13-20,27,30H,3,7-8,11-12,21-23H2,1-2H3,(H,34,38)/t30-/m0/s1. The Labute approximate surface area is 242 Å². The number of nitrogens with one attached hydrogen (secondary N) is 1. The Bertz CT molecular complexity index is 1410. The van der Waals surface area contributed by atoms with E-state index in [2.05, 4.69) is 5.32 Å². The lowest BCUT2D eigenvalue weighted by Crippen LogP contribution is -2.54. The first kappa shape index (κ1) is 30.2. The summed E-state index contributed by atoms with van der Waals surface area (Å²) in [4.78, 5) is 29.0. The molecule has 7 nitrogen and oxygen atoms in total. The molecule has 1 N–H and O–H groups in total. The molecule has 1 aliphatic carbocycles. The summed E-state index contributed by atoms with van der Waals surface area (Å²) in [6.07, 6.45) is 4.81. The van der Waals surface area contributed by atoms with E-state index in [0.717, 1.165) is 53.2 Å². The topological polar surface area (TPSA) is 86.8 Å². The van der Waals surface area contributed by atoms with Crippen LogP contribution in [0.2, 0.25) is 0 Å². The van der Waals surface area contributed by atoms with Crippen LogP contribution in [0.3, 0.4) is 0 Å². The Morgan fingerprint density at radius 3 is 2.20 bits per heavy atom. The number of hydrogen-bond acceptors (Lipinski definition) is 4. The second-order valence-electron chi connectivity index (χ2n) is 10.5. The molecule has 0 radical (unpaired) electrons. The summed E-state index contributed by atoms with van der Waals surface area (Å²) in [7, 11) is -4.19. The lowest BCUT2D eigenvalue weighted by atomic mass is 10.1. The summed E-state index contributed by atoms with van der Waals surface area (Å²) in [6.45, 7) is 3.40. The van der Waals surface area contributed by atoms with Gasteiger partial charge < -0.3 is 10.2 Å². The number of carbonyl (C=O) groups excluding carboxylic acids is 2. The average Bonchev–Trinajstić information content (AvgIpc) is 3.48. The Balaban J connectivity index is 1.66. The van der Waals surface area contributed by atoms with Crippen molar-refractivity contribution in [3.63, 3.8) is 0 Å². The van der Waals surface area contributed by atoms with Crippen molar-refractivity contribution in [2.45, 2.75) is 69.4 Å². The van der Waals surface area contributed by atoms with Crippen LogP contribution in [0.15, 0.2) is 83.8 Å². The predicted octanol–water partition coefficient (Wildman–Crippen LogP) is 5.24. The Morgan fingerprint density at radius 2 is 1.59 bits per heavy atom. The van der Waals surface area contributed by atoms with E-state index in [9.17, 15) is 22.4 Å². The third kappa shape index (κ3) is 7.73. The fourth-order valence-electron chi connectivity index (χ4n) is 5.24. The van der Waals surface area contributed by atoms with Gasteiger partial charge in [0, 0.05) is 12.6 Å². The molecule has 0 saturated heterocycles. The van der Waals surface area contributed by atoms with E-state index < -0.39 is 34.3 Å². The van der Waals surface area contributed by atoms with E-state index in [1.54, 1.807) is 12.1 Å². The maximum absolute atomic E-state index is 14.1. The Morgan fingerprint density at radius 1 is 0.951 bits per heavy atom. The lowest BCUT2D eigenvalue weighted by Gasteiger charge is -2.33. The minimum atomic E-state index is -4.19. The minimum absolute atomic E-state index is 0.0158. The largest absolute Gasteiger partial charge is 0.352 e. The number of nitrogens with zero attached hydrogens (tertiary/aromatic N) is 2. The van der Waals surface area contributed by atoms with Gasteiger partial charge in [-0.1, -0.05) is 67.8 Å². The highest BCUT2D eigenvalue weighted by atomic mass is 32.2. The van der Waals surface area contributed by atoms with E-state index in [0.29, 0.717) is 12.8 Å². The van der Waals surface area contributed by atoms with Gasteiger partial charge in [-0.2, -0.15) is 0 Å². The number of aryl methyl sites for hydroxylation is 1. The van der Waals surface area contributed by atoms with Gasteiger partial charge >= 0.3 is 0 Å². The lowest BCUT2D eigenvalue weighted by molar-refractivity contribution is -0.139. The second-order valence-corrected chi connectivity index (χ2v) is 12.4. The van der Waals surface area contributed by atoms with Crippen molar-refractivity contribution in [2.24, 2.45) is 0 Å². The molecule has 218 valence electrons. The molecule has 2 amide bonds. The van der Waals surface area contributed by atoms with Gasteiger partial charge in [-0.25, -0.2) is 12.8 Å². The summed E-state index contributed by atoms with van der Waals surface area (Å²) in [5, 5.41) is 3.11. The molecule has 41 heavy (non-hydrogen) atoms. The van der Waals surface area contributed by atoms with E-state index in [1.165, 1.54) is 29.2 Å². The van der Waals surface area contributed by atoms with E-state index in [1.807, 2.05) is 44.2 Å². The van der Waals surface area contributed by atoms with Gasteiger partial charge in [0.2, 0.25) is 11.8 Å². The normalized spacial score (nSPS) is 14.4. The zero-order valence-electron chi connectivity index (χ0n) is 23.6. The number of rotatable bonds is 12. The number of anilines is 1. The molecular formula is C32H38FN3O4S. The van der Waals surface area contributed by atoms with Crippen molar-refractivity contribution in [2.75, 3.05) is 17.4 Å². The van der Waals surface area contributed by atoms with Gasteiger partial charge in [-0.15, -0.1) is 0 Å². The summed E-state index contributed by atoms with van der Waals surface area (Å²) >= 11 is 0. The van der Waals surface area contributed by atoms with E-state index in [-0.39, 0.29) is 29.1 Å². The molecule has 0 unspecified atom stereocenters. The molecule has 0 aromatic heterocycles. The minimum Gasteiger partial charge on any atom is -0.352 e. The number of benzene rings is 3. The number of halogens is 1. The smallest absolute Gasteiger partial charge is 0.264 e. The van der Waals surface area contributed by atoms with Crippen molar-refractivity contribution in [3.05, 3.63) is 95.8 Å². The number of sulfonamides is 1. The third-order valence-corrected chi connectivity index (χ3v) is 9.36. The van der Waals surface area contributed by atoms with Crippen molar-refractivity contribution in [1.29, 1.82) is 0 Å². The molecular weight excluding hydrogens is 541 g/mol. The summed E-state index contributed by atoms with van der Waals surface area (Å²) < 4.78 is 42.5. The van der Waals surface area contributed by atoms with Gasteiger partial charge in [-0.3, -0.25) is 13.9 Å². The number of amides is 2. The van der Waals surface area contributed by atoms with Crippen molar-refractivity contribution >= 4 is 27.5 Å². The molecule has 0 aliphatic heterocycles. The number of hydrogen-bond donors (Lipinski definition) is 1. The molecule has 1 atom stereocenters. The van der Waals surface area contributed by atoms with Crippen molar-refractivity contribution < 1.29 is 22.4 Å². The SMILES string of the molecule is CC[C@@H](C(=O)NC1CCCC1)N(CCc1ccccc1)C(=O)CN(c1ccc(F)cc1)S(=O)(=O)c1ccc(C)cc1. The van der Waals surface area contributed by atoms with Crippen LogP contribution in [0, 0.1) is 12.7 Å². The Kier molecular flexibility index (Phi) is 10.2. The van der Waals surface area contributed by atoms with E-state index in [4.69, 9.17) is 0 Å². The zero-order chi connectivity index (χ0) is 29.4. The average molecular weight is 580 g/mol. The fourth-order valence-corrected chi connectivity index (χ4v) is 6.65. The van der Waals surface area contributed by atoms with Crippen LogP contribution in [0.25, 0.3) is 0 Å². The molecule has 1 aliphatic rings. The summed E-state index contributed by atoms with van der Waals surface area (Å²) in [5.74, 6) is -1.25. The quantitative estimate of drug-likeness (QED) is 0.318. The van der Waals surface area contributed by atoms with Crippen LogP contribution < -0.4 is 9.62 Å². The molecule has 0 spiro atoms. The molecule has 3 aromatic rings. The summed E-state index contributed by atoms with van der Waals surface area (Å²) in [6, 6.07) is 20.3. The van der Waals surface area contributed by atoms with Gasteiger partial charge in [0.25, 0.3) is 10.0 Å². The third-order valence-electron chi connectivity index (χ3n) is 7.57. The molecule has 3 aromatic carbocycles. The zero-order valence-corrected chi connectivity index (χ0v) is 24.4. The second kappa shape index (κ2) is 13.8. The van der Waals surface area contributed by atoms with Crippen LogP contribution in [-0.2, 0) is 26.0 Å². The highest BCUT2D eigenvalue weighted by Crippen LogP contribution is 2.25. The molecule has 9 heteroatoms. The van der Waals surface area contributed by atoms with E-state index >= 15 is 0 Å². The highest BCUT2D eigenvalue weighted by molar-refractivity contribution is 7.92. The molecule has 0 bridgehead atoms. The summed E-state index contributed by atoms with van der Waals surface area (Å²) in [5.41, 5.74) is 2.05. The molecule has 4 rings (SSSR count). The van der Waals surface area contributed by atoms with Crippen molar-refractivity contribution in [1.82, 2.24) is 10.2 Å². The highest BCUT2D eigenvalue weighted by Gasteiger charge is 2.34. The predicted molar refractivity (Wildman–Crippen MR) is 158 cm³/mol. The first-order valence-electron chi connectivity index (χ1n) is 14.2. The maximum atomic E-state index is 14.1. The van der Waals surface area contributed by atoms with Gasteiger partial charge in [0.1, 0.15) is 18.4 Å². The number of carbonyl (C=O) groups is 2. The molecule has 1 saturated carbocycles. The molecule has 0 heterocycles. The van der Waals surface area contributed by atoms with Gasteiger partial charge in [-0.05, 0) is 74.6 Å². The monoisotopic (exact) mass is 579 g/mol. The Hall–Kier alpha value is -3.72. The first-order valence-corrected chi connectivity index (χ1v) is 15.6. The van der Waals surface area contributed by atoms with Gasteiger partial charge in [0.05, 0.1) is 10.6 Å². The van der Waals surface area contributed by atoms with Crippen LogP contribution in [0.1, 0.15) is 50.2 Å². The van der Waals surface area contributed by atoms with Crippen LogP contribution in [0.4, 0.5) is 10.1 Å². The van der Waals surface area contributed by atoms with Gasteiger partial charge in [0.15, 0.2) is 0 Å². The molecule has 1 fully saturated rings. The van der Waals surface area contributed by atoms with Crippen LogP contribution in [-0.4, -0.2) is 50.3 Å².